The van der Waals surface area contributed by atoms with Gasteiger partial charge < -0.3 is 5.32 Å². The van der Waals surface area contributed by atoms with E-state index in [2.05, 4.69) is 10.2 Å². The van der Waals surface area contributed by atoms with Gasteiger partial charge in [0.1, 0.15) is 0 Å². The fraction of sp³-hybridized carbons (Fsp3) is 0.625. The highest BCUT2D eigenvalue weighted by molar-refractivity contribution is 7.91. The maximum absolute atomic E-state index is 12.9. The van der Waals surface area contributed by atoms with Crippen LogP contribution in [0.4, 0.5) is 0 Å². The molecule has 0 aliphatic carbocycles. The zero-order valence-corrected chi connectivity index (χ0v) is 16.0. The summed E-state index contributed by atoms with van der Waals surface area (Å²) in [6.07, 6.45) is 0.812. The molecule has 1 unspecified atom stereocenters. The van der Waals surface area contributed by atoms with E-state index in [-0.39, 0.29) is 21.6 Å². The number of sulfonamides is 1. The van der Waals surface area contributed by atoms with Crippen molar-refractivity contribution in [2.24, 2.45) is 0 Å². The summed E-state index contributed by atoms with van der Waals surface area (Å²) in [5.74, 6) is -0.0503. The first-order valence-electron chi connectivity index (χ1n) is 8.62. The summed E-state index contributed by atoms with van der Waals surface area (Å²) in [6, 6.07) is 5.94. The van der Waals surface area contributed by atoms with E-state index in [9.17, 15) is 16.8 Å². The minimum atomic E-state index is -3.67. The summed E-state index contributed by atoms with van der Waals surface area (Å²) in [6.45, 7) is 6.22. The van der Waals surface area contributed by atoms with Crippen molar-refractivity contribution in [1.82, 2.24) is 14.5 Å². The topological polar surface area (TPSA) is 86.8 Å². The third-order valence-electron chi connectivity index (χ3n) is 4.98. The van der Waals surface area contributed by atoms with Crippen molar-refractivity contribution < 1.29 is 16.8 Å². The number of piperazine rings is 1. The SMILES string of the molecule is CCS(=O)(=O)c1cccc(S(=O)(=O)N2CCC(N3CCNCC3)C2)c1. The molecule has 1 aromatic rings. The van der Waals surface area contributed by atoms with Crippen molar-refractivity contribution in [2.75, 3.05) is 45.0 Å². The molecule has 2 aliphatic rings. The zero-order chi connectivity index (χ0) is 18.1. The molecule has 1 aromatic carbocycles. The summed E-state index contributed by atoms with van der Waals surface area (Å²) in [5.41, 5.74) is 0. The normalized spacial score (nSPS) is 23.8. The fourth-order valence-corrected chi connectivity index (χ4v) is 5.96. The summed E-state index contributed by atoms with van der Waals surface area (Å²) >= 11 is 0. The molecule has 140 valence electrons. The monoisotopic (exact) mass is 387 g/mol. The van der Waals surface area contributed by atoms with Gasteiger partial charge in [-0.2, -0.15) is 4.31 Å². The van der Waals surface area contributed by atoms with Crippen molar-refractivity contribution >= 4 is 19.9 Å². The van der Waals surface area contributed by atoms with E-state index < -0.39 is 19.9 Å². The number of nitrogens with one attached hydrogen (secondary N) is 1. The molecule has 3 rings (SSSR count). The molecular formula is C16H25N3O4S2. The number of nitrogens with zero attached hydrogens (tertiary/aromatic N) is 2. The van der Waals surface area contributed by atoms with Gasteiger partial charge in [0.15, 0.2) is 9.84 Å². The first-order chi connectivity index (χ1) is 11.8. The fourth-order valence-electron chi connectivity index (χ4n) is 3.42. The molecule has 9 heteroatoms. The lowest BCUT2D eigenvalue weighted by atomic mass is 10.2. The molecule has 1 atom stereocenters. The molecule has 0 amide bonds. The second-order valence-corrected chi connectivity index (χ2v) is 10.7. The van der Waals surface area contributed by atoms with Crippen LogP contribution in [0.25, 0.3) is 0 Å². The van der Waals surface area contributed by atoms with E-state index in [1.165, 1.54) is 28.6 Å². The van der Waals surface area contributed by atoms with E-state index in [0.717, 1.165) is 32.6 Å². The van der Waals surface area contributed by atoms with Crippen LogP contribution in [0.5, 0.6) is 0 Å². The van der Waals surface area contributed by atoms with Crippen LogP contribution in [0, 0.1) is 0 Å². The predicted molar refractivity (Wildman–Crippen MR) is 95.8 cm³/mol. The van der Waals surface area contributed by atoms with Crippen LogP contribution in [0.2, 0.25) is 0 Å². The van der Waals surface area contributed by atoms with E-state index in [0.29, 0.717) is 13.1 Å². The average molecular weight is 388 g/mol. The Balaban J connectivity index is 1.79. The van der Waals surface area contributed by atoms with Crippen LogP contribution >= 0.6 is 0 Å². The molecule has 2 fully saturated rings. The highest BCUT2D eigenvalue weighted by atomic mass is 32.2. The Hall–Kier alpha value is -1.00. The Bertz CT molecular complexity index is 818. The number of hydrogen-bond donors (Lipinski definition) is 1. The lowest BCUT2D eigenvalue weighted by molar-refractivity contribution is 0.179. The molecule has 0 spiro atoms. The third-order valence-corrected chi connectivity index (χ3v) is 8.57. The molecule has 0 saturated carbocycles. The van der Waals surface area contributed by atoms with E-state index >= 15 is 0 Å². The summed E-state index contributed by atoms with van der Waals surface area (Å²) in [7, 11) is -7.11. The smallest absolute Gasteiger partial charge is 0.243 e. The van der Waals surface area contributed by atoms with Gasteiger partial charge in [-0.3, -0.25) is 4.90 Å². The lowest BCUT2D eigenvalue weighted by Crippen LogP contribution is -2.49. The van der Waals surface area contributed by atoms with Crippen LogP contribution in [-0.4, -0.2) is 77.1 Å². The Kier molecular flexibility index (Phi) is 5.50. The first-order valence-corrected chi connectivity index (χ1v) is 11.7. The van der Waals surface area contributed by atoms with Gasteiger partial charge in [0.05, 0.1) is 15.5 Å². The highest BCUT2D eigenvalue weighted by Gasteiger charge is 2.35. The molecule has 1 N–H and O–H groups in total. The van der Waals surface area contributed by atoms with Gasteiger partial charge in [-0.1, -0.05) is 13.0 Å². The molecule has 2 saturated heterocycles. The maximum Gasteiger partial charge on any atom is 0.243 e. The van der Waals surface area contributed by atoms with Crippen molar-refractivity contribution in [3.8, 4) is 0 Å². The van der Waals surface area contributed by atoms with Gasteiger partial charge in [0.2, 0.25) is 10.0 Å². The maximum atomic E-state index is 12.9. The largest absolute Gasteiger partial charge is 0.314 e. The van der Waals surface area contributed by atoms with Gasteiger partial charge in [-0.05, 0) is 24.6 Å². The summed E-state index contributed by atoms with van der Waals surface area (Å²) in [4.78, 5) is 2.46. The van der Waals surface area contributed by atoms with E-state index in [1.54, 1.807) is 6.92 Å². The molecular weight excluding hydrogens is 362 g/mol. The molecule has 25 heavy (non-hydrogen) atoms. The van der Waals surface area contributed by atoms with Crippen LogP contribution in [-0.2, 0) is 19.9 Å². The van der Waals surface area contributed by atoms with Crippen molar-refractivity contribution in [1.29, 1.82) is 0 Å². The minimum Gasteiger partial charge on any atom is -0.314 e. The van der Waals surface area contributed by atoms with Crippen LogP contribution in [0.3, 0.4) is 0 Å². The summed E-state index contributed by atoms with van der Waals surface area (Å²) in [5, 5.41) is 3.30. The second kappa shape index (κ2) is 7.32. The number of benzene rings is 1. The molecule has 2 heterocycles. The number of sulfone groups is 1. The second-order valence-electron chi connectivity index (χ2n) is 6.47. The van der Waals surface area contributed by atoms with Crippen molar-refractivity contribution in [3.63, 3.8) is 0 Å². The van der Waals surface area contributed by atoms with Gasteiger partial charge in [0, 0.05) is 45.3 Å². The number of rotatable bonds is 5. The molecule has 0 bridgehead atoms. The molecule has 2 aliphatic heterocycles. The van der Waals surface area contributed by atoms with Gasteiger partial charge in [-0.15, -0.1) is 0 Å². The quantitative estimate of drug-likeness (QED) is 0.774. The Morgan fingerprint density at radius 2 is 1.76 bits per heavy atom. The van der Waals surface area contributed by atoms with Crippen molar-refractivity contribution in [2.45, 2.75) is 29.2 Å². The Labute approximate surface area is 150 Å². The summed E-state index contributed by atoms with van der Waals surface area (Å²) < 4.78 is 51.4. The van der Waals surface area contributed by atoms with Gasteiger partial charge >= 0.3 is 0 Å². The van der Waals surface area contributed by atoms with Gasteiger partial charge in [0.25, 0.3) is 0 Å². The van der Waals surface area contributed by atoms with Gasteiger partial charge in [-0.25, -0.2) is 16.8 Å². The van der Waals surface area contributed by atoms with Crippen LogP contribution in [0.1, 0.15) is 13.3 Å². The molecule has 7 nitrogen and oxygen atoms in total. The Morgan fingerprint density at radius 3 is 2.44 bits per heavy atom. The standard InChI is InChI=1S/C16H25N3O4S2/c1-2-24(20,21)15-4-3-5-16(12-15)25(22,23)19-9-6-14(13-19)18-10-7-17-8-11-18/h3-5,12,14,17H,2,6-11,13H2,1H3. The zero-order valence-electron chi connectivity index (χ0n) is 14.4. The highest BCUT2D eigenvalue weighted by Crippen LogP contribution is 2.25. The third kappa shape index (κ3) is 3.90. The minimum absolute atomic E-state index is 0.0503. The molecule has 0 radical (unpaired) electrons. The predicted octanol–water partition coefficient (Wildman–Crippen LogP) is 0.148. The van der Waals surface area contributed by atoms with Crippen LogP contribution in [0.15, 0.2) is 34.1 Å². The molecule has 0 aromatic heterocycles. The van der Waals surface area contributed by atoms with E-state index in [1.807, 2.05) is 0 Å². The van der Waals surface area contributed by atoms with Crippen LogP contribution < -0.4 is 5.32 Å². The Morgan fingerprint density at radius 1 is 1.08 bits per heavy atom. The average Bonchev–Trinajstić information content (AvgIpc) is 3.13. The van der Waals surface area contributed by atoms with Crippen molar-refractivity contribution in [3.05, 3.63) is 24.3 Å². The lowest BCUT2D eigenvalue weighted by Gasteiger charge is -2.32. The first kappa shape index (κ1) is 18.8. The van der Waals surface area contributed by atoms with E-state index in [4.69, 9.17) is 0 Å². The number of hydrogen-bond acceptors (Lipinski definition) is 6.